The summed E-state index contributed by atoms with van der Waals surface area (Å²) in [5, 5.41) is 0. The van der Waals surface area contributed by atoms with E-state index in [-0.39, 0.29) is 0 Å². The first-order valence-corrected chi connectivity index (χ1v) is 7.89. The second kappa shape index (κ2) is 6.10. The zero-order valence-corrected chi connectivity index (χ0v) is 12.7. The molecule has 0 bridgehead atoms. The highest BCUT2D eigenvalue weighted by Gasteiger charge is 2.20. The third-order valence-electron chi connectivity index (χ3n) is 4.33. The van der Waals surface area contributed by atoms with Gasteiger partial charge in [-0.25, -0.2) is 9.97 Å². The minimum absolute atomic E-state index is 0.434. The molecular weight excluding hydrogens is 272 g/mol. The van der Waals surface area contributed by atoms with Gasteiger partial charge in [0, 0.05) is 25.3 Å². The topological polar surface area (TPSA) is 34.0 Å². The van der Waals surface area contributed by atoms with Gasteiger partial charge in [0.1, 0.15) is 11.3 Å². The molecule has 0 saturated heterocycles. The van der Waals surface area contributed by atoms with E-state index in [0.717, 1.165) is 36.1 Å². The number of halogens is 1. The van der Waals surface area contributed by atoms with Crippen molar-refractivity contribution in [3.8, 4) is 0 Å². The van der Waals surface area contributed by atoms with Gasteiger partial charge in [0.05, 0.1) is 5.88 Å². The third kappa shape index (κ3) is 2.67. The summed E-state index contributed by atoms with van der Waals surface area (Å²) in [6.45, 7) is 1.93. The minimum atomic E-state index is 0.434. The maximum absolute atomic E-state index is 6.02. The predicted octanol–water partition coefficient (Wildman–Crippen LogP) is 3.04. The van der Waals surface area contributed by atoms with Gasteiger partial charge in [0.2, 0.25) is 0 Å². The molecule has 0 aromatic carbocycles. The first-order chi connectivity index (χ1) is 9.79. The molecule has 3 rings (SSSR count). The lowest BCUT2D eigenvalue weighted by Gasteiger charge is -2.24. The highest BCUT2D eigenvalue weighted by molar-refractivity contribution is 6.16. The van der Waals surface area contributed by atoms with E-state index in [0.29, 0.717) is 5.88 Å². The van der Waals surface area contributed by atoms with Gasteiger partial charge in [0.15, 0.2) is 5.65 Å². The fraction of sp³-hybridized carbons (Fsp3) is 0.600. The Morgan fingerprint density at radius 2 is 2.20 bits per heavy atom. The van der Waals surface area contributed by atoms with Gasteiger partial charge in [-0.1, -0.05) is 12.8 Å². The average Bonchev–Trinajstić information content (AvgIpc) is 3.12. The van der Waals surface area contributed by atoms with E-state index < -0.39 is 0 Å². The summed E-state index contributed by atoms with van der Waals surface area (Å²) in [4.78, 5) is 11.5. The Labute approximate surface area is 124 Å². The van der Waals surface area contributed by atoms with E-state index in [9.17, 15) is 0 Å². The molecule has 0 unspecified atom stereocenters. The number of fused-ring (bicyclic) bond motifs is 1. The molecule has 108 valence electrons. The Kier molecular flexibility index (Phi) is 4.22. The Bertz CT molecular complexity index is 574. The van der Waals surface area contributed by atoms with Gasteiger partial charge in [0.25, 0.3) is 0 Å². The van der Waals surface area contributed by atoms with E-state index in [1.54, 1.807) is 0 Å². The molecule has 0 atom stereocenters. The fourth-order valence-electron chi connectivity index (χ4n) is 3.13. The summed E-state index contributed by atoms with van der Waals surface area (Å²) in [6.07, 6.45) is 7.23. The van der Waals surface area contributed by atoms with Crippen LogP contribution in [-0.2, 0) is 12.4 Å². The van der Waals surface area contributed by atoms with Crippen molar-refractivity contribution in [3.63, 3.8) is 0 Å². The molecule has 1 aliphatic rings. The molecule has 2 aromatic rings. The highest BCUT2D eigenvalue weighted by atomic mass is 35.5. The second-order valence-corrected chi connectivity index (χ2v) is 5.85. The van der Waals surface area contributed by atoms with Crippen LogP contribution in [-0.4, -0.2) is 39.1 Å². The standard InChI is InChI=1S/C15H21ClN4/c1-19(12-5-2-3-6-12)9-10-20-14(11-16)18-13-7-4-8-17-15(13)20/h4,7-8,12H,2-3,5-6,9-11H2,1H3. The summed E-state index contributed by atoms with van der Waals surface area (Å²) in [7, 11) is 2.23. The van der Waals surface area contributed by atoms with Crippen molar-refractivity contribution in [2.24, 2.45) is 0 Å². The van der Waals surface area contributed by atoms with Crippen LogP contribution in [0.2, 0.25) is 0 Å². The van der Waals surface area contributed by atoms with Crippen molar-refractivity contribution >= 4 is 22.8 Å². The molecule has 5 heteroatoms. The summed E-state index contributed by atoms with van der Waals surface area (Å²) in [6, 6.07) is 4.66. The lowest BCUT2D eigenvalue weighted by atomic mass is 10.2. The van der Waals surface area contributed by atoms with Crippen LogP contribution in [0.4, 0.5) is 0 Å². The zero-order valence-electron chi connectivity index (χ0n) is 11.9. The Hall–Kier alpha value is -1.13. The number of rotatable bonds is 5. The molecule has 1 aliphatic carbocycles. The normalized spacial score (nSPS) is 16.6. The number of pyridine rings is 1. The van der Waals surface area contributed by atoms with Crippen molar-refractivity contribution in [3.05, 3.63) is 24.2 Å². The number of nitrogens with zero attached hydrogens (tertiary/aromatic N) is 4. The van der Waals surface area contributed by atoms with Gasteiger partial charge in [-0.05, 0) is 32.0 Å². The minimum Gasteiger partial charge on any atom is -0.310 e. The van der Waals surface area contributed by atoms with E-state index >= 15 is 0 Å². The van der Waals surface area contributed by atoms with Crippen LogP contribution in [0.1, 0.15) is 31.5 Å². The molecular formula is C15H21ClN4. The Morgan fingerprint density at radius 1 is 1.40 bits per heavy atom. The van der Waals surface area contributed by atoms with Gasteiger partial charge in [-0.2, -0.15) is 0 Å². The second-order valence-electron chi connectivity index (χ2n) is 5.58. The van der Waals surface area contributed by atoms with Gasteiger partial charge >= 0.3 is 0 Å². The molecule has 2 heterocycles. The van der Waals surface area contributed by atoms with E-state index in [1.807, 2.05) is 18.3 Å². The van der Waals surface area contributed by atoms with Crippen LogP contribution in [0, 0.1) is 0 Å². The van der Waals surface area contributed by atoms with Crippen molar-refractivity contribution in [1.82, 2.24) is 19.4 Å². The summed E-state index contributed by atoms with van der Waals surface area (Å²) >= 11 is 6.02. The number of alkyl halides is 1. The molecule has 1 saturated carbocycles. The largest absolute Gasteiger partial charge is 0.310 e. The fourth-order valence-corrected chi connectivity index (χ4v) is 3.33. The number of aromatic nitrogens is 3. The quantitative estimate of drug-likeness (QED) is 0.794. The predicted molar refractivity (Wildman–Crippen MR) is 82.0 cm³/mol. The molecule has 1 fully saturated rings. The molecule has 0 amide bonds. The van der Waals surface area contributed by atoms with Gasteiger partial charge in [-0.15, -0.1) is 11.6 Å². The lowest BCUT2D eigenvalue weighted by Crippen LogP contribution is -2.32. The van der Waals surface area contributed by atoms with Crippen LogP contribution in [0.25, 0.3) is 11.2 Å². The van der Waals surface area contributed by atoms with Crippen LogP contribution in [0.15, 0.2) is 18.3 Å². The van der Waals surface area contributed by atoms with Crippen LogP contribution in [0.5, 0.6) is 0 Å². The van der Waals surface area contributed by atoms with Crippen molar-refractivity contribution < 1.29 is 0 Å². The average molecular weight is 293 g/mol. The van der Waals surface area contributed by atoms with Gasteiger partial charge < -0.3 is 9.47 Å². The molecule has 4 nitrogen and oxygen atoms in total. The molecule has 0 spiro atoms. The van der Waals surface area contributed by atoms with E-state index in [2.05, 4.69) is 26.5 Å². The summed E-state index contributed by atoms with van der Waals surface area (Å²) in [5.41, 5.74) is 1.88. The van der Waals surface area contributed by atoms with Gasteiger partial charge in [-0.3, -0.25) is 0 Å². The number of hydrogen-bond donors (Lipinski definition) is 0. The molecule has 20 heavy (non-hydrogen) atoms. The first-order valence-electron chi connectivity index (χ1n) is 7.36. The maximum atomic E-state index is 6.02. The van der Waals surface area contributed by atoms with Crippen LogP contribution >= 0.6 is 11.6 Å². The number of hydrogen-bond acceptors (Lipinski definition) is 3. The lowest BCUT2D eigenvalue weighted by molar-refractivity contribution is 0.236. The van der Waals surface area contributed by atoms with Crippen LogP contribution in [0.3, 0.4) is 0 Å². The summed E-state index contributed by atoms with van der Waals surface area (Å²) in [5.74, 6) is 1.35. The maximum Gasteiger partial charge on any atom is 0.160 e. The Morgan fingerprint density at radius 3 is 2.95 bits per heavy atom. The molecule has 0 aliphatic heterocycles. The summed E-state index contributed by atoms with van der Waals surface area (Å²) < 4.78 is 2.16. The molecule has 0 radical (unpaired) electrons. The first kappa shape index (κ1) is 13.8. The zero-order chi connectivity index (χ0) is 13.9. The number of imidazole rings is 1. The van der Waals surface area contributed by atoms with Crippen molar-refractivity contribution in [1.29, 1.82) is 0 Å². The van der Waals surface area contributed by atoms with E-state index in [4.69, 9.17) is 11.6 Å². The van der Waals surface area contributed by atoms with Crippen LogP contribution < -0.4 is 0 Å². The monoisotopic (exact) mass is 292 g/mol. The van der Waals surface area contributed by atoms with E-state index in [1.165, 1.54) is 25.7 Å². The smallest absolute Gasteiger partial charge is 0.160 e. The third-order valence-corrected chi connectivity index (χ3v) is 4.57. The SMILES string of the molecule is CN(CCn1c(CCl)nc2cccnc21)C1CCCC1. The molecule has 0 N–H and O–H groups in total. The van der Waals surface area contributed by atoms with Crippen molar-refractivity contribution in [2.45, 2.75) is 44.1 Å². The molecule has 2 aromatic heterocycles. The number of likely N-dealkylation sites (N-methyl/N-ethyl adjacent to an activating group) is 1. The Balaban J connectivity index is 1.76. The van der Waals surface area contributed by atoms with Crippen molar-refractivity contribution in [2.75, 3.05) is 13.6 Å². The highest BCUT2D eigenvalue weighted by Crippen LogP contribution is 2.22.